The van der Waals surface area contributed by atoms with Crippen LogP contribution in [0.15, 0.2) is 54.2 Å². The normalized spacial score (nSPS) is 10.6. The Kier molecular flexibility index (Phi) is 5.42. The second kappa shape index (κ2) is 7.70. The minimum absolute atomic E-state index is 0.0710. The Morgan fingerprint density at radius 3 is 2.54 bits per heavy atom. The number of phenols is 1. The van der Waals surface area contributed by atoms with Crippen molar-refractivity contribution in [1.82, 2.24) is 0 Å². The lowest BCUT2D eigenvalue weighted by molar-refractivity contribution is -0.112. The van der Waals surface area contributed by atoms with Crippen molar-refractivity contribution in [2.24, 2.45) is 0 Å². The molecule has 2 aromatic carbocycles. The van der Waals surface area contributed by atoms with E-state index in [1.165, 1.54) is 18.3 Å². The van der Waals surface area contributed by atoms with E-state index in [9.17, 15) is 9.90 Å². The van der Waals surface area contributed by atoms with Crippen LogP contribution in [0.3, 0.4) is 0 Å². The maximum absolute atomic E-state index is 12.2. The molecule has 6 heteroatoms. The number of anilines is 2. The third-order valence-electron chi connectivity index (χ3n) is 3.30. The molecule has 0 aliphatic carbocycles. The van der Waals surface area contributed by atoms with E-state index < -0.39 is 5.91 Å². The van der Waals surface area contributed by atoms with Gasteiger partial charge in [0.2, 0.25) is 0 Å². The number of rotatable bonds is 5. The third kappa shape index (κ3) is 4.27. The van der Waals surface area contributed by atoms with Crippen LogP contribution in [-0.2, 0) is 4.79 Å². The Hall–Kier alpha value is -3.46. The van der Waals surface area contributed by atoms with Crippen LogP contribution in [0.2, 0.25) is 0 Å². The zero-order valence-corrected chi connectivity index (χ0v) is 13.3. The van der Waals surface area contributed by atoms with Crippen LogP contribution in [-0.4, -0.2) is 18.1 Å². The predicted octanol–water partition coefficient (Wildman–Crippen LogP) is 3.17. The maximum Gasteiger partial charge on any atom is 0.267 e. The number of aromatic hydroxyl groups is 1. The van der Waals surface area contributed by atoms with Crippen LogP contribution in [0, 0.1) is 18.3 Å². The number of nitrogens with zero attached hydrogens (tertiary/aromatic N) is 1. The first-order valence-electron chi connectivity index (χ1n) is 7.15. The van der Waals surface area contributed by atoms with E-state index in [1.54, 1.807) is 44.4 Å². The average molecular weight is 323 g/mol. The van der Waals surface area contributed by atoms with E-state index in [2.05, 4.69) is 10.6 Å². The van der Waals surface area contributed by atoms with E-state index in [0.29, 0.717) is 17.0 Å². The molecule has 0 radical (unpaired) electrons. The van der Waals surface area contributed by atoms with Gasteiger partial charge in [0, 0.05) is 17.6 Å². The number of carbonyl (C=O) groups excluding carboxylic acids is 1. The molecule has 0 bridgehead atoms. The lowest BCUT2D eigenvalue weighted by Gasteiger charge is -2.08. The third-order valence-corrected chi connectivity index (χ3v) is 3.30. The molecular weight excluding hydrogens is 306 g/mol. The molecule has 0 heterocycles. The van der Waals surface area contributed by atoms with Gasteiger partial charge in [-0.25, -0.2) is 0 Å². The molecule has 6 nitrogen and oxygen atoms in total. The van der Waals surface area contributed by atoms with Gasteiger partial charge in [0.25, 0.3) is 5.91 Å². The highest BCUT2D eigenvalue weighted by atomic mass is 16.5. The molecule has 3 N–H and O–H groups in total. The minimum atomic E-state index is -0.535. The summed E-state index contributed by atoms with van der Waals surface area (Å²) >= 11 is 0. The summed E-state index contributed by atoms with van der Waals surface area (Å²) in [6, 6.07) is 13.5. The summed E-state index contributed by atoms with van der Waals surface area (Å²) in [5, 5.41) is 24.1. The summed E-state index contributed by atoms with van der Waals surface area (Å²) < 4.78 is 5.06. The number of amides is 1. The number of carbonyl (C=O) groups is 1. The standard InChI is InChI=1S/C18H17N3O3/c1-12-9-15(22)5-8-17(12)21-18(23)13(10-19)11-20-14-3-6-16(24-2)7-4-14/h3-9,11,20,22H,1-2H3,(H,21,23)/b13-11-. The van der Waals surface area contributed by atoms with Crippen molar-refractivity contribution >= 4 is 17.3 Å². The van der Waals surface area contributed by atoms with Gasteiger partial charge in [0.05, 0.1) is 7.11 Å². The summed E-state index contributed by atoms with van der Waals surface area (Å²) in [5.41, 5.74) is 1.88. The van der Waals surface area contributed by atoms with Gasteiger partial charge in [-0.2, -0.15) is 5.26 Å². The highest BCUT2D eigenvalue weighted by molar-refractivity contribution is 6.07. The van der Waals surface area contributed by atoms with Gasteiger partial charge < -0.3 is 20.5 Å². The van der Waals surface area contributed by atoms with E-state index >= 15 is 0 Å². The molecule has 0 atom stereocenters. The molecule has 0 saturated carbocycles. The second-order valence-corrected chi connectivity index (χ2v) is 5.00. The number of methoxy groups -OCH3 is 1. The number of hydrogen-bond donors (Lipinski definition) is 3. The number of aryl methyl sites for hydroxylation is 1. The first-order chi connectivity index (χ1) is 11.5. The summed E-state index contributed by atoms with van der Waals surface area (Å²) in [6.45, 7) is 1.75. The van der Waals surface area contributed by atoms with Crippen LogP contribution in [0.25, 0.3) is 0 Å². The number of nitriles is 1. The van der Waals surface area contributed by atoms with Crippen molar-refractivity contribution in [2.45, 2.75) is 6.92 Å². The predicted molar refractivity (Wildman–Crippen MR) is 91.8 cm³/mol. The van der Waals surface area contributed by atoms with Gasteiger partial charge in [-0.15, -0.1) is 0 Å². The van der Waals surface area contributed by atoms with Crippen LogP contribution in [0.4, 0.5) is 11.4 Å². The Morgan fingerprint density at radius 1 is 1.25 bits per heavy atom. The molecule has 0 aliphatic heterocycles. The van der Waals surface area contributed by atoms with Crippen molar-refractivity contribution < 1.29 is 14.6 Å². The summed E-state index contributed by atoms with van der Waals surface area (Å²) in [6.07, 6.45) is 1.34. The number of benzene rings is 2. The molecule has 2 aromatic rings. The Bertz CT molecular complexity index is 805. The van der Waals surface area contributed by atoms with Crippen LogP contribution in [0.5, 0.6) is 11.5 Å². The van der Waals surface area contributed by atoms with Crippen LogP contribution < -0.4 is 15.4 Å². The van der Waals surface area contributed by atoms with Crippen molar-refractivity contribution in [1.29, 1.82) is 5.26 Å². The fourth-order valence-corrected chi connectivity index (χ4v) is 1.97. The molecule has 1 amide bonds. The Balaban J connectivity index is 2.08. The van der Waals surface area contributed by atoms with Gasteiger partial charge in [-0.05, 0) is 55.0 Å². The van der Waals surface area contributed by atoms with Crippen LogP contribution >= 0.6 is 0 Å². The van der Waals surface area contributed by atoms with E-state index in [1.807, 2.05) is 6.07 Å². The number of ether oxygens (including phenoxy) is 1. The summed E-state index contributed by atoms with van der Waals surface area (Å²) in [4.78, 5) is 12.2. The van der Waals surface area contributed by atoms with Gasteiger partial charge in [-0.1, -0.05) is 0 Å². The fourth-order valence-electron chi connectivity index (χ4n) is 1.97. The van der Waals surface area contributed by atoms with Crippen molar-refractivity contribution in [2.75, 3.05) is 17.7 Å². The summed E-state index contributed by atoms with van der Waals surface area (Å²) in [5.74, 6) is 0.292. The van der Waals surface area contributed by atoms with Crippen molar-refractivity contribution in [3.63, 3.8) is 0 Å². The maximum atomic E-state index is 12.2. The lowest BCUT2D eigenvalue weighted by Crippen LogP contribution is -2.15. The zero-order chi connectivity index (χ0) is 17.5. The smallest absolute Gasteiger partial charge is 0.267 e. The highest BCUT2D eigenvalue weighted by Crippen LogP contribution is 2.21. The molecule has 2 rings (SSSR count). The van der Waals surface area contributed by atoms with Gasteiger partial charge in [-0.3, -0.25) is 4.79 Å². The molecule has 24 heavy (non-hydrogen) atoms. The Morgan fingerprint density at radius 2 is 1.96 bits per heavy atom. The molecule has 0 aliphatic rings. The lowest BCUT2D eigenvalue weighted by atomic mass is 10.2. The molecule has 0 saturated heterocycles. The monoisotopic (exact) mass is 323 g/mol. The number of hydrogen-bond acceptors (Lipinski definition) is 5. The van der Waals surface area contributed by atoms with Crippen LogP contribution in [0.1, 0.15) is 5.56 Å². The molecule has 0 aromatic heterocycles. The van der Waals surface area contributed by atoms with Gasteiger partial charge in [0.1, 0.15) is 23.1 Å². The first kappa shape index (κ1) is 16.9. The zero-order valence-electron chi connectivity index (χ0n) is 13.3. The quantitative estimate of drug-likeness (QED) is 0.446. The SMILES string of the molecule is COc1ccc(N/C=C(/C#N)C(=O)Nc2ccc(O)cc2C)cc1. The van der Waals surface area contributed by atoms with Gasteiger partial charge in [0.15, 0.2) is 0 Å². The molecule has 122 valence electrons. The Labute approximate surface area is 140 Å². The second-order valence-electron chi connectivity index (χ2n) is 5.00. The average Bonchev–Trinajstić information content (AvgIpc) is 2.58. The highest BCUT2D eigenvalue weighted by Gasteiger charge is 2.11. The number of nitrogens with one attached hydrogen (secondary N) is 2. The van der Waals surface area contributed by atoms with E-state index in [0.717, 1.165) is 5.69 Å². The number of phenolic OH excluding ortho intramolecular Hbond substituents is 1. The molecular formula is C18H17N3O3. The van der Waals surface area contributed by atoms with E-state index in [-0.39, 0.29) is 11.3 Å². The molecule has 0 unspecified atom stereocenters. The topological polar surface area (TPSA) is 94.4 Å². The molecule has 0 fully saturated rings. The first-order valence-corrected chi connectivity index (χ1v) is 7.15. The molecule has 0 spiro atoms. The van der Waals surface area contributed by atoms with Crippen molar-refractivity contribution in [3.8, 4) is 17.6 Å². The van der Waals surface area contributed by atoms with E-state index in [4.69, 9.17) is 10.00 Å². The van der Waals surface area contributed by atoms with Gasteiger partial charge >= 0.3 is 0 Å². The fraction of sp³-hybridized carbons (Fsp3) is 0.111. The largest absolute Gasteiger partial charge is 0.508 e. The van der Waals surface area contributed by atoms with Crippen molar-refractivity contribution in [3.05, 3.63) is 59.8 Å². The summed E-state index contributed by atoms with van der Waals surface area (Å²) in [7, 11) is 1.58. The minimum Gasteiger partial charge on any atom is -0.508 e.